The van der Waals surface area contributed by atoms with Crippen molar-refractivity contribution in [1.82, 2.24) is 10.2 Å². The Bertz CT molecular complexity index is 494. The Hall–Kier alpha value is -0.280. The fourth-order valence-electron chi connectivity index (χ4n) is 4.17. The van der Waals surface area contributed by atoms with Crippen molar-refractivity contribution in [1.29, 1.82) is 0 Å². The molecule has 0 saturated carbocycles. The summed E-state index contributed by atoms with van der Waals surface area (Å²) in [6, 6.07) is 8.36. The van der Waals surface area contributed by atoms with Gasteiger partial charge in [-0.1, -0.05) is 42.3 Å². The summed E-state index contributed by atoms with van der Waals surface area (Å²) in [6.45, 7) is 5.55. The van der Waals surface area contributed by atoms with Crippen molar-refractivity contribution in [2.45, 2.75) is 63.7 Å². The average Bonchev–Trinajstić information content (AvgIpc) is 2.81. The van der Waals surface area contributed by atoms with Crippen molar-refractivity contribution >= 4 is 23.2 Å². The highest BCUT2D eigenvalue weighted by Crippen LogP contribution is 2.37. The molecule has 3 rings (SSSR count). The fourth-order valence-corrected chi connectivity index (χ4v) is 4.63. The second kappa shape index (κ2) is 6.45. The zero-order valence-corrected chi connectivity index (χ0v) is 14.3. The average molecular weight is 327 g/mol. The van der Waals surface area contributed by atoms with Gasteiger partial charge < -0.3 is 5.32 Å². The zero-order chi connectivity index (χ0) is 15.0. The predicted octanol–water partition coefficient (Wildman–Crippen LogP) is 4.66. The molecule has 2 fully saturated rings. The van der Waals surface area contributed by atoms with E-state index in [1.807, 2.05) is 12.1 Å². The molecule has 1 aromatic rings. The predicted molar refractivity (Wildman–Crippen MR) is 90.2 cm³/mol. The molecule has 0 radical (unpaired) electrons. The molecule has 2 aliphatic heterocycles. The summed E-state index contributed by atoms with van der Waals surface area (Å²) < 4.78 is 0. The summed E-state index contributed by atoms with van der Waals surface area (Å²) in [5.41, 5.74) is 1.15. The summed E-state index contributed by atoms with van der Waals surface area (Å²) in [7, 11) is 0. The molecule has 0 aromatic heterocycles. The van der Waals surface area contributed by atoms with E-state index in [0.29, 0.717) is 34.2 Å². The van der Waals surface area contributed by atoms with Gasteiger partial charge in [-0.05, 0) is 50.8 Å². The monoisotopic (exact) mass is 326 g/mol. The van der Waals surface area contributed by atoms with Gasteiger partial charge in [-0.25, -0.2) is 0 Å². The van der Waals surface area contributed by atoms with E-state index in [0.717, 1.165) is 12.1 Å². The van der Waals surface area contributed by atoms with Gasteiger partial charge in [0.25, 0.3) is 0 Å². The Balaban J connectivity index is 1.80. The second-order valence-electron chi connectivity index (χ2n) is 6.41. The molecule has 4 heteroatoms. The van der Waals surface area contributed by atoms with Crippen LogP contribution in [0.25, 0.3) is 0 Å². The van der Waals surface area contributed by atoms with Crippen LogP contribution in [0.1, 0.15) is 51.1 Å². The first kappa shape index (κ1) is 15.6. The Morgan fingerprint density at radius 1 is 1.24 bits per heavy atom. The first-order chi connectivity index (χ1) is 10.1. The molecule has 0 spiro atoms. The number of rotatable bonds is 4. The van der Waals surface area contributed by atoms with Gasteiger partial charge in [0.15, 0.2) is 0 Å². The molecule has 116 valence electrons. The van der Waals surface area contributed by atoms with E-state index in [9.17, 15) is 0 Å². The van der Waals surface area contributed by atoms with Gasteiger partial charge in [0.2, 0.25) is 0 Å². The van der Waals surface area contributed by atoms with E-state index in [2.05, 4.69) is 30.1 Å². The van der Waals surface area contributed by atoms with Crippen LogP contribution in [0.15, 0.2) is 18.2 Å². The first-order valence-corrected chi connectivity index (χ1v) is 8.81. The van der Waals surface area contributed by atoms with Crippen LogP contribution in [0.3, 0.4) is 0 Å². The van der Waals surface area contributed by atoms with Gasteiger partial charge in [-0.3, -0.25) is 4.90 Å². The highest BCUT2D eigenvalue weighted by molar-refractivity contribution is 6.42. The summed E-state index contributed by atoms with van der Waals surface area (Å²) in [6.07, 6.45) is 5.19. The van der Waals surface area contributed by atoms with Crippen LogP contribution in [0.5, 0.6) is 0 Å². The van der Waals surface area contributed by atoms with E-state index in [4.69, 9.17) is 23.2 Å². The number of halogens is 2. The molecule has 0 aliphatic carbocycles. The van der Waals surface area contributed by atoms with Crippen molar-refractivity contribution < 1.29 is 0 Å². The summed E-state index contributed by atoms with van der Waals surface area (Å²) in [5.74, 6) is 0. The lowest BCUT2D eigenvalue weighted by Gasteiger charge is -2.41. The highest BCUT2D eigenvalue weighted by atomic mass is 35.5. The van der Waals surface area contributed by atoms with Crippen LogP contribution in [-0.4, -0.2) is 29.6 Å². The van der Waals surface area contributed by atoms with E-state index in [1.54, 1.807) is 0 Å². The van der Waals surface area contributed by atoms with Crippen LogP contribution < -0.4 is 5.32 Å². The van der Waals surface area contributed by atoms with Crippen molar-refractivity contribution in [3.8, 4) is 0 Å². The van der Waals surface area contributed by atoms with Crippen molar-refractivity contribution in [3.63, 3.8) is 0 Å². The number of piperidine rings is 1. The molecule has 1 N–H and O–H groups in total. The molecular formula is C17H24Cl2N2. The number of nitrogens with one attached hydrogen (secondary N) is 1. The maximum atomic E-state index is 6.43. The molecule has 2 bridgehead atoms. The minimum atomic E-state index is 0.309. The third kappa shape index (κ3) is 3.10. The smallest absolute Gasteiger partial charge is 0.0640 e. The van der Waals surface area contributed by atoms with Crippen molar-refractivity contribution in [3.05, 3.63) is 33.8 Å². The van der Waals surface area contributed by atoms with E-state index < -0.39 is 0 Å². The number of benzene rings is 1. The third-order valence-corrected chi connectivity index (χ3v) is 6.04. The van der Waals surface area contributed by atoms with Gasteiger partial charge in [0.05, 0.1) is 10.0 Å². The number of fused-ring (bicyclic) bond motifs is 2. The Kier molecular flexibility index (Phi) is 4.80. The molecule has 3 unspecified atom stereocenters. The first-order valence-electron chi connectivity index (χ1n) is 8.05. The van der Waals surface area contributed by atoms with Gasteiger partial charge >= 0.3 is 0 Å². The van der Waals surface area contributed by atoms with Gasteiger partial charge in [-0.15, -0.1) is 0 Å². The molecule has 2 nitrogen and oxygen atoms in total. The van der Waals surface area contributed by atoms with Crippen LogP contribution in [-0.2, 0) is 0 Å². The SMILES string of the molecule is CCN(C1CC2CCC(C1)N2)C(C)c1cccc(Cl)c1Cl. The Morgan fingerprint density at radius 3 is 2.52 bits per heavy atom. The topological polar surface area (TPSA) is 15.3 Å². The number of hydrogen-bond acceptors (Lipinski definition) is 2. The molecule has 2 saturated heterocycles. The quantitative estimate of drug-likeness (QED) is 0.865. The normalized spacial score (nSPS) is 29.9. The number of hydrogen-bond donors (Lipinski definition) is 1. The van der Waals surface area contributed by atoms with Crippen LogP contribution >= 0.6 is 23.2 Å². The molecule has 1 aromatic carbocycles. The minimum absolute atomic E-state index is 0.309. The van der Waals surface area contributed by atoms with Crippen LogP contribution in [0, 0.1) is 0 Å². The lowest BCUT2D eigenvalue weighted by Crippen LogP contribution is -2.48. The molecule has 2 heterocycles. The molecule has 21 heavy (non-hydrogen) atoms. The Morgan fingerprint density at radius 2 is 1.90 bits per heavy atom. The summed E-state index contributed by atoms with van der Waals surface area (Å²) in [4.78, 5) is 2.60. The maximum Gasteiger partial charge on any atom is 0.0640 e. The molecule has 3 atom stereocenters. The summed E-state index contributed by atoms with van der Waals surface area (Å²) >= 11 is 12.6. The van der Waals surface area contributed by atoms with Gasteiger partial charge in [0, 0.05) is 24.2 Å². The van der Waals surface area contributed by atoms with E-state index >= 15 is 0 Å². The number of nitrogens with zero attached hydrogens (tertiary/aromatic N) is 1. The van der Waals surface area contributed by atoms with Crippen molar-refractivity contribution in [2.24, 2.45) is 0 Å². The lowest BCUT2D eigenvalue weighted by molar-refractivity contribution is 0.108. The van der Waals surface area contributed by atoms with Gasteiger partial charge in [-0.2, -0.15) is 0 Å². The third-order valence-electron chi connectivity index (χ3n) is 5.21. The van der Waals surface area contributed by atoms with Crippen molar-refractivity contribution in [2.75, 3.05) is 6.54 Å². The van der Waals surface area contributed by atoms with Crippen LogP contribution in [0.4, 0.5) is 0 Å². The second-order valence-corrected chi connectivity index (χ2v) is 7.20. The van der Waals surface area contributed by atoms with Gasteiger partial charge in [0.1, 0.15) is 0 Å². The highest BCUT2D eigenvalue weighted by Gasteiger charge is 2.37. The zero-order valence-electron chi connectivity index (χ0n) is 12.8. The Labute approximate surface area is 137 Å². The van der Waals surface area contributed by atoms with Crippen LogP contribution in [0.2, 0.25) is 10.0 Å². The molecule has 2 aliphatic rings. The molecular weight excluding hydrogens is 303 g/mol. The van der Waals surface area contributed by atoms with E-state index in [-0.39, 0.29) is 0 Å². The fraction of sp³-hybridized carbons (Fsp3) is 0.647. The molecule has 0 amide bonds. The summed E-state index contributed by atoms with van der Waals surface area (Å²) in [5, 5.41) is 5.09. The lowest BCUT2D eigenvalue weighted by atomic mass is 9.95. The van der Waals surface area contributed by atoms with E-state index in [1.165, 1.54) is 25.7 Å². The minimum Gasteiger partial charge on any atom is -0.311 e. The standard InChI is InChI=1S/C17H24Cl2N2/c1-3-21(14-9-12-7-8-13(10-14)20-12)11(2)15-5-4-6-16(18)17(15)19/h4-6,11-14,20H,3,7-10H2,1-2H3. The maximum absolute atomic E-state index is 6.43. The largest absolute Gasteiger partial charge is 0.311 e.